The molecule has 5 heteroatoms. The van der Waals surface area contributed by atoms with Crippen LogP contribution in [0, 0.1) is 0 Å². The van der Waals surface area contributed by atoms with Gasteiger partial charge in [0.15, 0.2) is 5.76 Å². The number of benzene rings is 1. The third-order valence-corrected chi connectivity index (χ3v) is 2.09. The number of hydrogen-bond acceptors (Lipinski definition) is 4. The maximum absolute atomic E-state index is 11.6. The highest BCUT2D eigenvalue weighted by atomic mass is 16.5. The molecule has 3 N–H and O–H groups in total. The predicted octanol–water partition coefficient (Wildman–Crippen LogP) is 1.19. The van der Waals surface area contributed by atoms with E-state index in [1.165, 1.54) is 6.20 Å². The van der Waals surface area contributed by atoms with E-state index in [1.807, 2.05) is 0 Å². The fourth-order valence-electron chi connectivity index (χ4n) is 1.24. The largest absolute Gasteiger partial charge is 0.399 e. The summed E-state index contributed by atoms with van der Waals surface area (Å²) in [7, 11) is 0. The van der Waals surface area contributed by atoms with Crippen LogP contribution in [0.3, 0.4) is 0 Å². The molecule has 1 aromatic carbocycles. The first-order valence-electron chi connectivity index (χ1n) is 4.79. The van der Waals surface area contributed by atoms with Gasteiger partial charge in [-0.05, 0) is 24.3 Å². The minimum absolute atomic E-state index is 0.170. The summed E-state index contributed by atoms with van der Waals surface area (Å²) in [5, 5.41) is 6.25. The van der Waals surface area contributed by atoms with E-state index in [2.05, 4.69) is 10.5 Å². The van der Waals surface area contributed by atoms with Gasteiger partial charge in [-0.3, -0.25) is 4.79 Å². The van der Waals surface area contributed by atoms with Gasteiger partial charge in [0.2, 0.25) is 0 Å². The quantitative estimate of drug-likeness (QED) is 0.756. The van der Waals surface area contributed by atoms with E-state index in [0.717, 1.165) is 0 Å². The highest BCUT2D eigenvalue weighted by molar-refractivity contribution is 5.94. The third-order valence-electron chi connectivity index (χ3n) is 2.09. The summed E-state index contributed by atoms with van der Waals surface area (Å²) in [6.45, 7) is 0.323. The molecule has 0 aliphatic carbocycles. The molecule has 1 aromatic heterocycles. The first-order chi connectivity index (χ1) is 7.75. The molecule has 0 bridgehead atoms. The Balaban J connectivity index is 1.95. The van der Waals surface area contributed by atoms with Crippen molar-refractivity contribution in [1.82, 2.24) is 10.5 Å². The lowest BCUT2D eigenvalue weighted by molar-refractivity contribution is 0.0947. The van der Waals surface area contributed by atoms with Crippen LogP contribution in [0.5, 0.6) is 0 Å². The molecule has 0 saturated carbocycles. The maximum atomic E-state index is 11.6. The second-order valence-corrected chi connectivity index (χ2v) is 3.28. The van der Waals surface area contributed by atoms with Crippen LogP contribution >= 0.6 is 0 Å². The number of amides is 1. The smallest absolute Gasteiger partial charge is 0.251 e. The van der Waals surface area contributed by atoms with Crippen molar-refractivity contribution >= 4 is 11.6 Å². The summed E-state index contributed by atoms with van der Waals surface area (Å²) in [6.07, 6.45) is 1.53. The molecule has 0 saturated heterocycles. The highest BCUT2D eigenvalue weighted by Gasteiger charge is 2.05. The van der Waals surface area contributed by atoms with E-state index >= 15 is 0 Å². The van der Waals surface area contributed by atoms with Crippen LogP contribution in [0.4, 0.5) is 5.69 Å². The number of nitrogens with zero attached hydrogens (tertiary/aromatic N) is 1. The third kappa shape index (κ3) is 2.38. The van der Waals surface area contributed by atoms with Crippen molar-refractivity contribution in [3.63, 3.8) is 0 Å². The fraction of sp³-hybridized carbons (Fsp3) is 0.0909. The number of nitrogens with two attached hydrogens (primary N) is 1. The molecule has 16 heavy (non-hydrogen) atoms. The summed E-state index contributed by atoms with van der Waals surface area (Å²) in [6, 6.07) is 8.41. The van der Waals surface area contributed by atoms with Gasteiger partial charge in [-0.1, -0.05) is 5.16 Å². The standard InChI is InChI=1S/C11H11N3O2/c12-9-3-1-8(2-4-9)11(15)13-7-10-5-6-14-16-10/h1-6H,7,12H2,(H,13,15). The van der Waals surface area contributed by atoms with E-state index < -0.39 is 0 Å². The lowest BCUT2D eigenvalue weighted by Crippen LogP contribution is -2.22. The number of aromatic nitrogens is 1. The lowest BCUT2D eigenvalue weighted by atomic mass is 10.2. The van der Waals surface area contributed by atoms with Crippen LogP contribution in [-0.4, -0.2) is 11.1 Å². The van der Waals surface area contributed by atoms with Crippen molar-refractivity contribution in [3.05, 3.63) is 47.9 Å². The molecule has 0 atom stereocenters. The molecule has 2 rings (SSSR count). The topological polar surface area (TPSA) is 81.2 Å². The number of rotatable bonds is 3. The van der Waals surface area contributed by atoms with Crippen molar-refractivity contribution in [2.75, 3.05) is 5.73 Å². The molecule has 5 nitrogen and oxygen atoms in total. The Labute approximate surface area is 92.2 Å². The zero-order chi connectivity index (χ0) is 11.4. The minimum Gasteiger partial charge on any atom is -0.399 e. The average Bonchev–Trinajstić information content (AvgIpc) is 2.80. The molecule has 0 spiro atoms. The molecule has 0 unspecified atom stereocenters. The predicted molar refractivity (Wildman–Crippen MR) is 58.5 cm³/mol. The summed E-state index contributed by atoms with van der Waals surface area (Å²) >= 11 is 0. The van der Waals surface area contributed by atoms with E-state index in [9.17, 15) is 4.79 Å². The van der Waals surface area contributed by atoms with Gasteiger partial charge < -0.3 is 15.6 Å². The van der Waals surface area contributed by atoms with Gasteiger partial charge in [-0.25, -0.2) is 0 Å². The lowest BCUT2D eigenvalue weighted by Gasteiger charge is -2.02. The van der Waals surface area contributed by atoms with E-state index in [0.29, 0.717) is 23.6 Å². The first-order valence-corrected chi connectivity index (χ1v) is 4.79. The summed E-state index contributed by atoms with van der Waals surface area (Å²) < 4.78 is 4.85. The van der Waals surface area contributed by atoms with Crippen molar-refractivity contribution < 1.29 is 9.32 Å². The zero-order valence-electron chi connectivity index (χ0n) is 8.51. The Hall–Kier alpha value is -2.30. The summed E-state index contributed by atoms with van der Waals surface area (Å²) in [5.41, 5.74) is 6.72. The number of nitrogens with one attached hydrogen (secondary N) is 1. The second-order valence-electron chi connectivity index (χ2n) is 3.28. The SMILES string of the molecule is Nc1ccc(C(=O)NCc2ccno2)cc1. The monoisotopic (exact) mass is 217 g/mol. The Kier molecular flexibility index (Phi) is 2.86. The van der Waals surface area contributed by atoms with Crippen molar-refractivity contribution in [1.29, 1.82) is 0 Å². The molecular formula is C11H11N3O2. The van der Waals surface area contributed by atoms with Gasteiger partial charge in [0.25, 0.3) is 5.91 Å². The number of anilines is 1. The molecule has 0 aliphatic rings. The van der Waals surface area contributed by atoms with Crippen LogP contribution in [0.1, 0.15) is 16.1 Å². The fourth-order valence-corrected chi connectivity index (χ4v) is 1.24. The zero-order valence-corrected chi connectivity index (χ0v) is 8.51. The molecule has 0 aliphatic heterocycles. The Morgan fingerprint density at radius 1 is 1.31 bits per heavy atom. The molecule has 2 aromatic rings. The van der Waals surface area contributed by atoms with Crippen molar-refractivity contribution in [2.24, 2.45) is 0 Å². The molecule has 1 amide bonds. The number of nitrogen functional groups attached to an aromatic ring is 1. The highest BCUT2D eigenvalue weighted by Crippen LogP contribution is 2.05. The second kappa shape index (κ2) is 4.48. The van der Waals surface area contributed by atoms with Gasteiger partial charge in [0.05, 0.1) is 12.7 Å². The van der Waals surface area contributed by atoms with Crippen molar-refractivity contribution in [2.45, 2.75) is 6.54 Å². The van der Waals surface area contributed by atoms with Gasteiger partial charge >= 0.3 is 0 Å². The van der Waals surface area contributed by atoms with Crippen LogP contribution in [0.2, 0.25) is 0 Å². The van der Waals surface area contributed by atoms with E-state index in [-0.39, 0.29) is 5.91 Å². The van der Waals surface area contributed by atoms with Gasteiger partial charge in [0, 0.05) is 17.3 Å². The van der Waals surface area contributed by atoms with E-state index in [4.69, 9.17) is 10.3 Å². The van der Waals surface area contributed by atoms with Crippen LogP contribution in [-0.2, 0) is 6.54 Å². The Morgan fingerprint density at radius 3 is 2.69 bits per heavy atom. The number of carbonyl (C=O) groups excluding carboxylic acids is 1. The normalized spacial score (nSPS) is 10.0. The molecular weight excluding hydrogens is 206 g/mol. The Bertz CT molecular complexity index is 462. The van der Waals surface area contributed by atoms with Crippen LogP contribution < -0.4 is 11.1 Å². The van der Waals surface area contributed by atoms with Gasteiger partial charge in [0.1, 0.15) is 0 Å². The summed E-state index contributed by atoms with van der Waals surface area (Å²) in [5.74, 6) is 0.445. The number of hydrogen-bond donors (Lipinski definition) is 2. The molecule has 0 radical (unpaired) electrons. The van der Waals surface area contributed by atoms with E-state index in [1.54, 1.807) is 30.3 Å². The molecule has 82 valence electrons. The number of carbonyl (C=O) groups is 1. The average molecular weight is 217 g/mol. The van der Waals surface area contributed by atoms with Crippen LogP contribution in [0.25, 0.3) is 0 Å². The minimum atomic E-state index is -0.170. The van der Waals surface area contributed by atoms with Crippen molar-refractivity contribution in [3.8, 4) is 0 Å². The van der Waals surface area contributed by atoms with Crippen LogP contribution in [0.15, 0.2) is 41.1 Å². The maximum Gasteiger partial charge on any atom is 0.251 e. The Morgan fingerprint density at radius 2 is 2.06 bits per heavy atom. The van der Waals surface area contributed by atoms with Gasteiger partial charge in [-0.15, -0.1) is 0 Å². The molecule has 0 fully saturated rings. The van der Waals surface area contributed by atoms with Gasteiger partial charge in [-0.2, -0.15) is 0 Å². The molecule has 1 heterocycles. The summed E-state index contributed by atoms with van der Waals surface area (Å²) in [4.78, 5) is 11.6. The first kappa shape index (κ1) is 10.2.